The number of likely N-dealkylation sites (N-methyl/N-ethyl adjacent to an activating group) is 1. The summed E-state index contributed by atoms with van der Waals surface area (Å²) in [5.74, 6) is -0.818. The molecule has 1 N–H and O–H groups in total. The molecule has 1 aromatic heterocycles. The number of carbonyl (C=O) groups is 2. The normalized spacial score (nSPS) is 20.6. The SMILES string of the molecule is CN1C(=O)CCC(Nc2cccc(F)n2)C1=O. The molecule has 6 heteroatoms. The first kappa shape index (κ1) is 11.5. The van der Waals surface area contributed by atoms with Crippen LogP contribution >= 0.6 is 0 Å². The number of anilines is 1. The fourth-order valence-corrected chi connectivity index (χ4v) is 1.72. The summed E-state index contributed by atoms with van der Waals surface area (Å²) in [6.07, 6.45) is 0.704. The molecule has 0 radical (unpaired) electrons. The van der Waals surface area contributed by atoms with Crippen molar-refractivity contribution in [1.82, 2.24) is 9.88 Å². The fraction of sp³-hybridized carbons (Fsp3) is 0.364. The number of nitrogens with one attached hydrogen (secondary N) is 1. The number of nitrogens with zero attached hydrogens (tertiary/aromatic N) is 2. The highest BCUT2D eigenvalue weighted by Crippen LogP contribution is 2.15. The molecule has 1 aliphatic rings. The minimum Gasteiger partial charge on any atom is -0.358 e. The smallest absolute Gasteiger partial charge is 0.251 e. The number of amides is 2. The van der Waals surface area contributed by atoms with E-state index in [-0.39, 0.29) is 11.8 Å². The van der Waals surface area contributed by atoms with Gasteiger partial charge >= 0.3 is 0 Å². The van der Waals surface area contributed by atoms with Crippen LogP contribution < -0.4 is 5.32 Å². The average molecular weight is 237 g/mol. The van der Waals surface area contributed by atoms with Gasteiger partial charge in [0.25, 0.3) is 5.91 Å². The van der Waals surface area contributed by atoms with Crippen LogP contribution in [0.2, 0.25) is 0 Å². The number of aromatic nitrogens is 1. The van der Waals surface area contributed by atoms with Gasteiger partial charge < -0.3 is 5.32 Å². The molecule has 0 bridgehead atoms. The Kier molecular flexibility index (Phi) is 3.03. The third-order valence-corrected chi connectivity index (χ3v) is 2.69. The van der Waals surface area contributed by atoms with E-state index >= 15 is 0 Å². The number of likely N-dealkylation sites (tertiary alicyclic amines) is 1. The lowest BCUT2D eigenvalue weighted by molar-refractivity contribution is -0.146. The summed E-state index contributed by atoms with van der Waals surface area (Å²) in [7, 11) is 1.44. The summed E-state index contributed by atoms with van der Waals surface area (Å²) in [6.45, 7) is 0. The van der Waals surface area contributed by atoms with Gasteiger partial charge in [0, 0.05) is 13.5 Å². The summed E-state index contributed by atoms with van der Waals surface area (Å²) in [5, 5.41) is 2.83. The molecule has 2 amide bonds. The second-order valence-corrected chi connectivity index (χ2v) is 3.87. The molecule has 0 aromatic carbocycles. The Balaban J connectivity index is 2.09. The Labute approximate surface area is 97.6 Å². The third kappa shape index (κ3) is 2.41. The standard InChI is InChI=1S/C11H12FN3O2/c1-15-10(16)6-5-7(11(15)17)13-9-4-2-3-8(12)14-9/h2-4,7H,5-6H2,1H3,(H,13,14). The Morgan fingerprint density at radius 2 is 2.24 bits per heavy atom. The largest absolute Gasteiger partial charge is 0.358 e. The minimum atomic E-state index is -0.609. The number of piperidine rings is 1. The number of pyridine rings is 1. The van der Waals surface area contributed by atoms with Gasteiger partial charge in [0.2, 0.25) is 11.9 Å². The highest BCUT2D eigenvalue weighted by Gasteiger charge is 2.31. The minimum absolute atomic E-state index is 0.194. The van der Waals surface area contributed by atoms with E-state index in [0.717, 1.165) is 4.90 Å². The summed E-state index contributed by atoms with van der Waals surface area (Å²) >= 11 is 0. The van der Waals surface area contributed by atoms with Gasteiger partial charge in [-0.3, -0.25) is 14.5 Å². The number of imide groups is 1. The number of carbonyl (C=O) groups excluding carboxylic acids is 2. The van der Waals surface area contributed by atoms with Gasteiger partial charge in [-0.2, -0.15) is 4.39 Å². The van der Waals surface area contributed by atoms with Gasteiger partial charge in [0.15, 0.2) is 0 Å². The van der Waals surface area contributed by atoms with Gasteiger partial charge in [0.1, 0.15) is 11.9 Å². The van der Waals surface area contributed by atoms with Crippen LogP contribution in [0.1, 0.15) is 12.8 Å². The maximum atomic E-state index is 12.9. The molecule has 1 saturated heterocycles. The molecule has 2 heterocycles. The maximum Gasteiger partial charge on any atom is 0.251 e. The first-order chi connectivity index (χ1) is 8.08. The molecule has 0 aliphatic carbocycles. The molecule has 1 atom stereocenters. The topological polar surface area (TPSA) is 62.3 Å². The first-order valence-electron chi connectivity index (χ1n) is 5.27. The van der Waals surface area contributed by atoms with Gasteiger partial charge in [-0.05, 0) is 18.6 Å². The summed E-state index contributed by atoms with van der Waals surface area (Å²) in [6, 6.07) is 3.79. The molecule has 0 spiro atoms. The Hall–Kier alpha value is -1.98. The molecule has 2 rings (SSSR count). The maximum absolute atomic E-state index is 12.9. The predicted octanol–water partition coefficient (Wildman–Crippen LogP) is 0.780. The second-order valence-electron chi connectivity index (χ2n) is 3.87. The van der Waals surface area contributed by atoms with E-state index in [1.54, 1.807) is 6.07 Å². The molecule has 1 unspecified atom stereocenters. The van der Waals surface area contributed by atoms with Crippen LogP contribution in [0.3, 0.4) is 0 Å². The second kappa shape index (κ2) is 4.48. The van der Waals surface area contributed by atoms with E-state index in [9.17, 15) is 14.0 Å². The Morgan fingerprint density at radius 1 is 1.47 bits per heavy atom. The van der Waals surface area contributed by atoms with Crippen LogP contribution in [-0.2, 0) is 9.59 Å². The van der Waals surface area contributed by atoms with Crippen molar-refractivity contribution in [2.24, 2.45) is 0 Å². The van der Waals surface area contributed by atoms with Gasteiger partial charge in [-0.15, -0.1) is 0 Å². The zero-order valence-corrected chi connectivity index (χ0v) is 9.31. The summed E-state index contributed by atoms with van der Waals surface area (Å²) < 4.78 is 12.9. The lowest BCUT2D eigenvalue weighted by atomic mass is 10.0. The highest BCUT2D eigenvalue weighted by atomic mass is 19.1. The summed E-state index contributed by atoms with van der Waals surface area (Å²) in [5.41, 5.74) is 0. The van der Waals surface area contributed by atoms with E-state index in [4.69, 9.17) is 0 Å². The zero-order valence-electron chi connectivity index (χ0n) is 9.31. The quantitative estimate of drug-likeness (QED) is 0.610. The number of hydrogen-bond donors (Lipinski definition) is 1. The number of hydrogen-bond acceptors (Lipinski definition) is 4. The van der Waals surface area contributed by atoms with E-state index in [1.807, 2.05) is 0 Å². The van der Waals surface area contributed by atoms with Crippen molar-refractivity contribution in [3.8, 4) is 0 Å². The van der Waals surface area contributed by atoms with Crippen LogP contribution in [0, 0.1) is 5.95 Å². The Bertz CT molecular complexity index is 464. The lowest BCUT2D eigenvalue weighted by Crippen LogP contribution is -2.48. The molecular weight excluding hydrogens is 225 g/mol. The lowest BCUT2D eigenvalue weighted by Gasteiger charge is -2.28. The van der Waals surface area contributed by atoms with Crippen LogP contribution in [0.4, 0.5) is 10.2 Å². The van der Waals surface area contributed by atoms with Gasteiger partial charge in [0.05, 0.1) is 0 Å². The van der Waals surface area contributed by atoms with Crippen molar-refractivity contribution in [2.75, 3.05) is 12.4 Å². The van der Waals surface area contributed by atoms with Crippen molar-refractivity contribution in [2.45, 2.75) is 18.9 Å². The van der Waals surface area contributed by atoms with E-state index < -0.39 is 12.0 Å². The molecule has 90 valence electrons. The zero-order chi connectivity index (χ0) is 12.4. The first-order valence-corrected chi connectivity index (χ1v) is 5.27. The molecule has 5 nitrogen and oxygen atoms in total. The fourth-order valence-electron chi connectivity index (χ4n) is 1.72. The van der Waals surface area contributed by atoms with E-state index in [1.165, 1.54) is 19.2 Å². The molecule has 1 aromatic rings. The van der Waals surface area contributed by atoms with Crippen LogP contribution in [-0.4, -0.2) is 34.8 Å². The van der Waals surface area contributed by atoms with Crippen molar-refractivity contribution in [3.05, 3.63) is 24.1 Å². The average Bonchev–Trinajstić information content (AvgIpc) is 2.30. The van der Waals surface area contributed by atoms with Gasteiger partial charge in [-0.25, -0.2) is 4.98 Å². The molecule has 1 aliphatic heterocycles. The monoisotopic (exact) mass is 237 g/mol. The molecule has 1 fully saturated rings. The Morgan fingerprint density at radius 3 is 2.94 bits per heavy atom. The third-order valence-electron chi connectivity index (χ3n) is 2.69. The van der Waals surface area contributed by atoms with Gasteiger partial charge in [-0.1, -0.05) is 6.07 Å². The van der Waals surface area contributed by atoms with Crippen molar-refractivity contribution < 1.29 is 14.0 Å². The van der Waals surface area contributed by atoms with Crippen LogP contribution in [0.15, 0.2) is 18.2 Å². The number of rotatable bonds is 2. The highest BCUT2D eigenvalue weighted by molar-refractivity contribution is 6.01. The number of halogens is 1. The molecule has 17 heavy (non-hydrogen) atoms. The van der Waals surface area contributed by atoms with E-state index in [2.05, 4.69) is 10.3 Å². The predicted molar refractivity (Wildman–Crippen MR) is 58.6 cm³/mol. The van der Waals surface area contributed by atoms with Crippen LogP contribution in [0.5, 0.6) is 0 Å². The molecule has 0 saturated carbocycles. The molecular formula is C11H12FN3O2. The van der Waals surface area contributed by atoms with E-state index in [0.29, 0.717) is 18.7 Å². The van der Waals surface area contributed by atoms with Crippen LogP contribution in [0.25, 0.3) is 0 Å². The summed E-state index contributed by atoms with van der Waals surface area (Å²) in [4.78, 5) is 27.7. The van der Waals surface area contributed by atoms with Crippen molar-refractivity contribution in [3.63, 3.8) is 0 Å². The van der Waals surface area contributed by atoms with Crippen molar-refractivity contribution in [1.29, 1.82) is 0 Å². The van der Waals surface area contributed by atoms with Crippen molar-refractivity contribution >= 4 is 17.6 Å².